The predicted octanol–water partition coefficient (Wildman–Crippen LogP) is 2.84. The monoisotopic (exact) mass is 410 g/mol. The molecule has 0 spiro atoms. The zero-order valence-electron chi connectivity index (χ0n) is 15.9. The summed E-state index contributed by atoms with van der Waals surface area (Å²) in [6.45, 7) is 0.999. The van der Waals surface area contributed by atoms with Crippen LogP contribution in [-0.4, -0.2) is 44.6 Å². The molecule has 1 aliphatic heterocycles. The van der Waals surface area contributed by atoms with Crippen molar-refractivity contribution in [2.24, 2.45) is 7.05 Å². The van der Waals surface area contributed by atoms with E-state index in [4.69, 9.17) is 0 Å². The van der Waals surface area contributed by atoms with Gasteiger partial charge in [0.15, 0.2) is 0 Å². The van der Waals surface area contributed by atoms with E-state index in [0.717, 1.165) is 30.8 Å². The largest absolute Gasteiger partial charge is 0.573 e. The Kier molecular flexibility index (Phi) is 4.87. The zero-order chi connectivity index (χ0) is 20.8. The van der Waals surface area contributed by atoms with E-state index in [0.29, 0.717) is 31.5 Å². The Hall–Kier alpha value is -2.78. The third kappa shape index (κ3) is 4.15. The van der Waals surface area contributed by atoms with E-state index < -0.39 is 6.36 Å². The molecule has 0 bridgehead atoms. The van der Waals surface area contributed by atoms with Crippen LogP contribution < -0.4 is 10.4 Å². The summed E-state index contributed by atoms with van der Waals surface area (Å²) in [6.07, 6.45) is -1.41. The second kappa shape index (κ2) is 7.23. The van der Waals surface area contributed by atoms with E-state index in [9.17, 15) is 22.8 Å². The molecule has 0 atom stereocenters. The van der Waals surface area contributed by atoms with Crippen molar-refractivity contribution < 1.29 is 22.7 Å². The molecule has 1 saturated carbocycles. The lowest BCUT2D eigenvalue weighted by Crippen LogP contribution is -2.38. The number of carbonyl (C=O) groups excluding carboxylic acids is 1. The molecule has 1 aliphatic carbocycles. The van der Waals surface area contributed by atoms with Gasteiger partial charge in [0, 0.05) is 37.7 Å². The molecule has 2 aliphatic rings. The second-order valence-electron chi connectivity index (χ2n) is 7.50. The SMILES string of the molecule is Cn1nc(C2CCN(C(=O)c3ccc(OC(F)(F)F)cc3)CC2)n(C2CC2)c1=O. The highest BCUT2D eigenvalue weighted by Gasteiger charge is 2.34. The summed E-state index contributed by atoms with van der Waals surface area (Å²) in [7, 11) is 1.65. The van der Waals surface area contributed by atoms with Crippen molar-refractivity contribution in [2.75, 3.05) is 13.1 Å². The summed E-state index contributed by atoms with van der Waals surface area (Å²) in [6, 6.07) is 5.17. The van der Waals surface area contributed by atoms with E-state index in [-0.39, 0.29) is 29.3 Å². The molecule has 1 saturated heterocycles. The van der Waals surface area contributed by atoms with Crippen LogP contribution in [0.1, 0.15) is 53.8 Å². The van der Waals surface area contributed by atoms with Crippen molar-refractivity contribution in [3.05, 3.63) is 46.1 Å². The quantitative estimate of drug-likeness (QED) is 0.777. The third-order valence-electron chi connectivity index (χ3n) is 5.38. The number of halogens is 3. The molecule has 1 aromatic heterocycles. The molecular formula is C19H21F3N4O3. The number of aromatic nitrogens is 3. The van der Waals surface area contributed by atoms with Gasteiger partial charge in [-0.05, 0) is 49.9 Å². The third-order valence-corrected chi connectivity index (χ3v) is 5.38. The number of hydrogen-bond donors (Lipinski definition) is 0. The molecule has 1 aromatic carbocycles. The molecule has 7 nitrogen and oxygen atoms in total. The Morgan fingerprint density at radius 3 is 2.28 bits per heavy atom. The van der Waals surface area contributed by atoms with E-state index in [1.807, 2.05) is 0 Å². The molecular weight excluding hydrogens is 389 g/mol. The number of hydrogen-bond acceptors (Lipinski definition) is 4. The van der Waals surface area contributed by atoms with E-state index in [1.165, 1.54) is 16.8 Å². The number of nitrogens with zero attached hydrogens (tertiary/aromatic N) is 4. The first kappa shape index (κ1) is 19.5. The minimum absolute atomic E-state index is 0.0952. The highest BCUT2D eigenvalue weighted by molar-refractivity contribution is 5.94. The number of aryl methyl sites for hydroxylation is 1. The van der Waals surface area contributed by atoms with Gasteiger partial charge in [-0.25, -0.2) is 9.48 Å². The minimum Gasteiger partial charge on any atom is -0.406 e. The maximum Gasteiger partial charge on any atom is 0.573 e. The van der Waals surface area contributed by atoms with Crippen LogP contribution in [0, 0.1) is 0 Å². The van der Waals surface area contributed by atoms with E-state index >= 15 is 0 Å². The van der Waals surface area contributed by atoms with Gasteiger partial charge in [-0.3, -0.25) is 9.36 Å². The van der Waals surface area contributed by atoms with Gasteiger partial charge in [0.2, 0.25) is 0 Å². The van der Waals surface area contributed by atoms with Crippen LogP contribution in [0.5, 0.6) is 5.75 Å². The van der Waals surface area contributed by atoms with Crippen molar-refractivity contribution in [3.63, 3.8) is 0 Å². The summed E-state index contributed by atoms with van der Waals surface area (Å²) in [5, 5.41) is 4.42. The summed E-state index contributed by atoms with van der Waals surface area (Å²) < 4.78 is 43.7. The normalized spacial score (nSPS) is 18.1. The van der Waals surface area contributed by atoms with Gasteiger partial charge in [0.1, 0.15) is 11.6 Å². The second-order valence-corrected chi connectivity index (χ2v) is 7.50. The van der Waals surface area contributed by atoms with Crippen molar-refractivity contribution in [2.45, 2.75) is 44.0 Å². The van der Waals surface area contributed by atoms with Gasteiger partial charge >= 0.3 is 12.1 Å². The van der Waals surface area contributed by atoms with Crippen LogP contribution >= 0.6 is 0 Å². The molecule has 29 heavy (non-hydrogen) atoms. The average Bonchev–Trinajstić information content (AvgIpc) is 3.47. The average molecular weight is 410 g/mol. The Morgan fingerprint density at radius 1 is 1.10 bits per heavy atom. The Morgan fingerprint density at radius 2 is 1.72 bits per heavy atom. The Bertz CT molecular complexity index is 953. The number of ether oxygens (including phenoxy) is 1. The van der Waals surface area contributed by atoms with Crippen molar-refractivity contribution in [1.82, 2.24) is 19.2 Å². The van der Waals surface area contributed by atoms with Crippen LogP contribution in [0.4, 0.5) is 13.2 Å². The Labute approximate surface area is 164 Å². The fraction of sp³-hybridized carbons (Fsp3) is 0.526. The number of alkyl halides is 3. The topological polar surface area (TPSA) is 69.4 Å². The lowest BCUT2D eigenvalue weighted by molar-refractivity contribution is -0.274. The molecule has 4 rings (SSSR count). The fourth-order valence-electron chi connectivity index (χ4n) is 3.78. The summed E-state index contributed by atoms with van der Waals surface area (Å²) >= 11 is 0. The fourth-order valence-corrected chi connectivity index (χ4v) is 3.78. The molecule has 2 heterocycles. The first-order valence-corrected chi connectivity index (χ1v) is 9.53. The molecule has 0 radical (unpaired) electrons. The van der Waals surface area contributed by atoms with Crippen LogP contribution in [0.15, 0.2) is 29.1 Å². The first-order chi connectivity index (χ1) is 13.7. The van der Waals surface area contributed by atoms with Gasteiger partial charge in [-0.2, -0.15) is 5.10 Å². The molecule has 1 amide bonds. The standard InChI is InChI=1S/C19H21F3N4O3/c1-24-18(28)26(14-4-5-14)16(23-24)12-8-10-25(11-9-12)17(27)13-2-6-15(7-3-13)29-19(20,21)22/h2-3,6-7,12,14H,4-5,8-11H2,1H3. The van der Waals surface area contributed by atoms with Crippen LogP contribution in [0.2, 0.25) is 0 Å². The zero-order valence-corrected chi connectivity index (χ0v) is 15.9. The summed E-state index contributed by atoms with van der Waals surface area (Å²) in [5.41, 5.74) is 0.216. The highest BCUT2D eigenvalue weighted by Crippen LogP contribution is 2.37. The van der Waals surface area contributed by atoms with Gasteiger partial charge in [-0.1, -0.05) is 0 Å². The molecule has 156 valence electrons. The lowest BCUT2D eigenvalue weighted by atomic mass is 9.95. The van der Waals surface area contributed by atoms with Gasteiger partial charge in [-0.15, -0.1) is 13.2 Å². The Balaban J connectivity index is 1.40. The van der Waals surface area contributed by atoms with Crippen LogP contribution in [0.25, 0.3) is 0 Å². The van der Waals surface area contributed by atoms with Gasteiger partial charge < -0.3 is 9.64 Å². The number of amides is 1. The predicted molar refractivity (Wildman–Crippen MR) is 96.7 cm³/mol. The number of piperidine rings is 1. The van der Waals surface area contributed by atoms with E-state index in [2.05, 4.69) is 9.84 Å². The number of likely N-dealkylation sites (tertiary alicyclic amines) is 1. The van der Waals surface area contributed by atoms with Crippen molar-refractivity contribution in [3.8, 4) is 5.75 Å². The van der Waals surface area contributed by atoms with E-state index in [1.54, 1.807) is 16.5 Å². The van der Waals surface area contributed by atoms with Crippen LogP contribution in [-0.2, 0) is 7.05 Å². The first-order valence-electron chi connectivity index (χ1n) is 9.53. The smallest absolute Gasteiger partial charge is 0.406 e. The molecule has 10 heteroatoms. The lowest BCUT2D eigenvalue weighted by Gasteiger charge is -2.31. The minimum atomic E-state index is -4.76. The number of benzene rings is 1. The highest BCUT2D eigenvalue weighted by atomic mass is 19.4. The summed E-state index contributed by atoms with van der Waals surface area (Å²) in [5.74, 6) is 0.306. The molecule has 0 unspecified atom stereocenters. The van der Waals surface area contributed by atoms with Gasteiger partial charge in [0.25, 0.3) is 5.91 Å². The van der Waals surface area contributed by atoms with Gasteiger partial charge in [0.05, 0.1) is 0 Å². The van der Waals surface area contributed by atoms with Crippen molar-refractivity contribution in [1.29, 1.82) is 0 Å². The maximum absolute atomic E-state index is 12.7. The van der Waals surface area contributed by atoms with Crippen LogP contribution in [0.3, 0.4) is 0 Å². The molecule has 2 fully saturated rings. The maximum atomic E-state index is 12.7. The molecule has 0 N–H and O–H groups in total. The molecule has 2 aromatic rings. The number of carbonyl (C=O) groups is 1. The number of rotatable bonds is 4. The van der Waals surface area contributed by atoms with Crippen molar-refractivity contribution >= 4 is 5.91 Å². The summed E-state index contributed by atoms with van der Waals surface area (Å²) in [4.78, 5) is 26.7.